The number of nitrogens with zero attached hydrogens (tertiary/aromatic N) is 2. The highest BCUT2D eigenvalue weighted by Crippen LogP contribution is 2.13. The van der Waals surface area contributed by atoms with Crippen LogP contribution in [0.25, 0.3) is 0 Å². The Morgan fingerprint density at radius 1 is 0.885 bits per heavy atom. The lowest BCUT2D eigenvalue weighted by Gasteiger charge is -2.34. The third-order valence-electron chi connectivity index (χ3n) is 4.49. The molecule has 2 aromatic rings. The van der Waals surface area contributed by atoms with Crippen molar-refractivity contribution < 1.29 is 9.53 Å². The van der Waals surface area contributed by atoms with Crippen molar-refractivity contribution in [2.24, 2.45) is 0 Å². The Morgan fingerprint density at radius 3 is 2.04 bits per heavy atom. The summed E-state index contributed by atoms with van der Waals surface area (Å²) in [5.74, 6) is 0.954. The Kier molecular flexibility index (Phi) is 9.66. The van der Waals surface area contributed by atoms with Gasteiger partial charge in [-0.3, -0.25) is 14.6 Å². The number of methoxy groups -OCH3 is 1. The Morgan fingerprint density at radius 2 is 1.46 bits per heavy atom. The Balaban J connectivity index is 0.00000169. The van der Waals surface area contributed by atoms with Crippen molar-refractivity contribution in [3.63, 3.8) is 0 Å². The van der Waals surface area contributed by atoms with Crippen molar-refractivity contribution >= 4 is 30.6 Å². The summed E-state index contributed by atoms with van der Waals surface area (Å²) >= 11 is 0. The maximum absolute atomic E-state index is 12.4. The number of piperazine rings is 1. The average Bonchev–Trinajstić information content (AvgIpc) is 2.64. The maximum Gasteiger partial charge on any atom is 0.176 e. The van der Waals surface area contributed by atoms with Gasteiger partial charge in [-0.2, -0.15) is 0 Å². The van der Waals surface area contributed by atoms with Gasteiger partial charge in [0.1, 0.15) is 5.75 Å². The van der Waals surface area contributed by atoms with Crippen molar-refractivity contribution in [1.82, 2.24) is 9.80 Å². The predicted molar refractivity (Wildman–Crippen MR) is 110 cm³/mol. The molecule has 0 saturated carbocycles. The number of hydrogen-bond acceptors (Lipinski definition) is 4. The molecule has 3 rings (SSSR count). The summed E-state index contributed by atoms with van der Waals surface area (Å²) in [6, 6.07) is 17.9. The average molecular weight is 397 g/mol. The molecule has 0 aliphatic carbocycles. The van der Waals surface area contributed by atoms with Crippen LogP contribution in [0, 0.1) is 0 Å². The fourth-order valence-electron chi connectivity index (χ4n) is 3.02. The summed E-state index contributed by atoms with van der Waals surface area (Å²) in [5.41, 5.74) is 2.10. The van der Waals surface area contributed by atoms with E-state index in [1.54, 1.807) is 7.11 Å². The molecule has 26 heavy (non-hydrogen) atoms. The number of ketones is 1. The maximum atomic E-state index is 12.4. The summed E-state index contributed by atoms with van der Waals surface area (Å²) in [6.07, 6.45) is 0. The highest BCUT2D eigenvalue weighted by atomic mass is 35.5. The molecular formula is C20H26Cl2N2O2. The SMILES string of the molecule is COc1ccc(C(=O)CN2CCN(Cc3ccccc3)CC2)cc1.Cl.Cl. The molecule has 1 aliphatic heterocycles. The first-order valence-electron chi connectivity index (χ1n) is 8.40. The first-order chi connectivity index (χ1) is 11.7. The second kappa shape index (κ2) is 11.2. The molecule has 1 saturated heterocycles. The highest BCUT2D eigenvalue weighted by Gasteiger charge is 2.19. The third-order valence-corrected chi connectivity index (χ3v) is 4.49. The zero-order valence-electron chi connectivity index (χ0n) is 15.0. The number of Topliss-reactive ketones (excluding diaryl/α,β-unsaturated/α-hetero) is 1. The lowest BCUT2D eigenvalue weighted by atomic mass is 10.1. The molecular weight excluding hydrogens is 371 g/mol. The number of benzene rings is 2. The smallest absolute Gasteiger partial charge is 0.176 e. The number of rotatable bonds is 6. The van der Waals surface area contributed by atoms with Crippen LogP contribution < -0.4 is 4.74 Å². The number of carbonyl (C=O) groups is 1. The minimum atomic E-state index is 0. The number of halogens is 2. The topological polar surface area (TPSA) is 32.8 Å². The predicted octanol–water partition coefficient (Wildman–Crippen LogP) is 3.54. The minimum Gasteiger partial charge on any atom is -0.497 e. The van der Waals surface area contributed by atoms with E-state index in [0.29, 0.717) is 6.54 Å². The molecule has 0 radical (unpaired) electrons. The van der Waals surface area contributed by atoms with Gasteiger partial charge in [-0.05, 0) is 29.8 Å². The van der Waals surface area contributed by atoms with Crippen LogP contribution in [-0.4, -0.2) is 55.4 Å². The van der Waals surface area contributed by atoms with Gasteiger partial charge in [0.15, 0.2) is 5.78 Å². The molecule has 2 aromatic carbocycles. The van der Waals surface area contributed by atoms with Crippen LogP contribution in [0.3, 0.4) is 0 Å². The monoisotopic (exact) mass is 396 g/mol. The largest absolute Gasteiger partial charge is 0.497 e. The third kappa shape index (κ3) is 6.29. The number of hydrogen-bond donors (Lipinski definition) is 0. The van der Waals surface area contributed by atoms with Crippen LogP contribution in [0.4, 0.5) is 0 Å². The van der Waals surface area contributed by atoms with Crippen LogP contribution in [0.15, 0.2) is 54.6 Å². The molecule has 0 atom stereocenters. The molecule has 1 heterocycles. The molecule has 0 aromatic heterocycles. The zero-order chi connectivity index (χ0) is 16.8. The van der Waals surface area contributed by atoms with Crippen LogP contribution in [0.5, 0.6) is 5.75 Å². The molecule has 0 amide bonds. The van der Waals surface area contributed by atoms with Crippen LogP contribution in [0.2, 0.25) is 0 Å². The quantitative estimate of drug-likeness (QED) is 0.699. The first-order valence-corrected chi connectivity index (χ1v) is 8.40. The van der Waals surface area contributed by atoms with Gasteiger partial charge in [-0.1, -0.05) is 30.3 Å². The van der Waals surface area contributed by atoms with E-state index in [9.17, 15) is 4.79 Å². The lowest BCUT2D eigenvalue weighted by molar-refractivity contribution is 0.0844. The summed E-state index contributed by atoms with van der Waals surface area (Å²) in [6.45, 7) is 5.37. The summed E-state index contributed by atoms with van der Waals surface area (Å²) in [5, 5.41) is 0. The molecule has 142 valence electrons. The van der Waals surface area contributed by atoms with E-state index in [0.717, 1.165) is 44.0 Å². The number of carbonyl (C=O) groups excluding carboxylic acids is 1. The van der Waals surface area contributed by atoms with Crippen LogP contribution >= 0.6 is 24.8 Å². The van der Waals surface area contributed by atoms with Gasteiger partial charge >= 0.3 is 0 Å². The van der Waals surface area contributed by atoms with Gasteiger partial charge in [0.05, 0.1) is 13.7 Å². The Labute approximate surface area is 168 Å². The highest BCUT2D eigenvalue weighted by molar-refractivity contribution is 5.97. The fourth-order valence-corrected chi connectivity index (χ4v) is 3.02. The molecule has 1 fully saturated rings. The van der Waals surface area contributed by atoms with Gasteiger partial charge in [-0.15, -0.1) is 24.8 Å². The standard InChI is InChI=1S/C20H24N2O2.2ClH/c1-24-19-9-7-18(8-10-19)20(23)16-22-13-11-21(12-14-22)15-17-5-3-2-4-6-17;;/h2-10H,11-16H2,1H3;2*1H. The van der Waals surface area contributed by atoms with Gasteiger partial charge in [-0.25, -0.2) is 0 Å². The van der Waals surface area contributed by atoms with E-state index in [2.05, 4.69) is 34.1 Å². The van der Waals surface area contributed by atoms with Crippen molar-refractivity contribution in [3.8, 4) is 5.75 Å². The second-order valence-corrected chi connectivity index (χ2v) is 6.19. The van der Waals surface area contributed by atoms with E-state index in [1.165, 1.54) is 5.56 Å². The van der Waals surface area contributed by atoms with Crippen molar-refractivity contribution in [3.05, 3.63) is 65.7 Å². The van der Waals surface area contributed by atoms with E-state index in [-0.39, 0.29) is 30.6 Å². The molecule has 0 unspecified atom stereocenters. The number of ether oxygens (including phenoxy) is 1. The molecule has 0 N–H and O–H groups in total. The normalized spacial score (nSPS) is 14.8. The summed E-state index contributed by atoms with van der Waals surface area (Å²) in [7, 11) is 1.63. The van der Waals surface area contributed by atoms with E-state index in [4.69, 9.17) is 4.74 Å². The fraction of sp³-hybridized carbons (Fsp3) is 0.350. The molecule has 1 aliphatic rings. The summed E-state index contributed by atoms with van der Waals surface area (Å²) < 4.78 is 5.13. The molecule has 0 spiro atoms. The molecule has 6 heteroatoms. The molecule has 4 nitrogen and oxygen atoms in total. The second-order valence-electron chi connectivity index (χ2n) is 6.19. The minimum absolute atomic E-state index is 0. The van der Waals surface area contributed by atoms with Crippen LogP contribution in [-0.2, 0) is 6.54 Å². The van der Waals surface area contributed by atoms with Gasteiger partial charge < -0.3 is 4.74 Å². The Hall–Kier alpha value is -1.59. The van der Waals surface area contributed by atoms with Gasteiger partial charge in [0, 0.05) is 38.3 Å². The van der Waals surface area contributed by atoms with Crippen LogP contribution in [0.1, 0.15) is 15.9 Å². The van der Waals surface area contributed by atoms with Crippen molar-refractivity contribution in [2.75, 3.05) is 39.8 Å². The first kappa shape index (κ1) is 22.5. The van der Waals surface area contributed by atoms with E-state index in [1.807, 2.05) is 30.3 Å². The zero-order valence-corrected chi connectivity index (χ0v) is 16.6. The van der Waals surface area contributed by atoms with Gasteiger partial charge in [0.25, 0.3) is 0 Å². The Bertz CT molecular complexity index is 657. The molecule has 0 bridgehead atoms. The van der Waals surface area contributed by atoms with E-state index < -0.39 is 0 Å². The van der Waals surface area contributed by atoms with Gasteiger partial charge in [0.2, 0.25) is 0 Å². The summed E-state index contributed by atoms with van der Waals surface area (Å²) in [4.78, 5) is 17.1. The lowest BCUT2D eigenvalue weighted by Crippen LogP contribution is -2.47. The van der Waals surface area contributed by atoms with Crippen molar-refractivity contribution in [1.29, 1.82) is 0 Å². The van der Waals surface area contributed by atoms with Crippen molar-refractivity contribution in [2.45, 2.75) is 6.54 Å². The van der Waals surface area contributed by atoms with E-state index >= 15 is 0 Å².